The van der Waals surface area contributed by atoms with E-state index in [2.05, 4.69) is 15.4 Å². The smallest absolute Gasteiger partial charge is 0.342 e. The molecule has 5 nitrogen and oxygen atoms in total. The lowest BCUT2D eigenvalue weighted by Gasteiger charge is -2.16. The summed E-state index contributed by atoms with van der Waals surface area (Å²) in [5.41, 5.74) is -1.38. The molecule has 0 bridgehead atoms. The topological polar surface area (TPSA) is 59.8 Å². The molecule has 0 saturated heterocycles. The van der Waals surface area contributed by atoms with Gasteiger partial charge in [-0.15, -0.1) is 0 Å². The number of carbonyl (C=O) groups excluding carboxylic acids is 1. The first kappa shape index (κ1) is 15.0. The Kier molecular flexibility index (Phi) is 3.97. The molecule has 0 unspecified atom stereocenters. The van der Waals surface area contributed by atoms with Crippen molar-refractivity contribution < 1.29 is 18.0 Å². The summed E-state index contributed by atoms with van der Waals surface area (Å²) in [7, 11) is 1.63. The van der Waals surface area contributed by atoms with Gasteiger partial charge in [-0.1, -0.05) is 12.1 Å². The van der Waals surface area contributed by atoms with Gasteiger partial charge in [-0.05, 0) is 19.1 Å². The summed E-state index contributed by atoms with van der Waals surface area (Å²) < 4.78 is 40.1. The first-order chi connectivity index (χ1) is 9.80. The summed E-state index contributed by atoms with van der Waals surface area (Å²) in [6.45, 7) is 1.62. The van der Waals surface area contributed by atoms with Crippen molar-refractivity contribution in [3.05, 3.63) is 47.5 Å². The zero-order chi connectivity index (χ0) is 15.6. The van der Waals surface area contributed by atoms with Crippen LogP contribution >= 0.6 is 0 Å². The molecule has 0 fully saturated rings. The monoisotopic (exact) mass is 298 g/mol. The highest BCUT2D eigenvalue weighted by Crippen LogP contribution is 2.31. The highest BCUT2D eigenvalue weighted by Gasteiger charge is 2.35. The van der Waals surface area contributed by atoms with Gasteiger partial charge in [-0.25, -0.2) is 4.98 Å². The number of carbonyl (C=O) groups is 1. The van der Waals surface area contributed by atoms with Crippen molar-refractivity contribution >= 4 is 5.91 Å². The van der Waals surface area contributed by atoms with Crippen LogP contribution in [0, 0.1) is 0 Å². The van der Waals surface area contributed by atoms with Crippen LogP contribution in [-0.4, -0.2) is 20.7 Å². The van der Waals surface area contributed by atoms with Crippen molar-refractivity contribution in [3.8, 4) is 0 Å². The van der Waals surface area contributed by atoms with Gasteiger partial charge in [0.2, 0.25) is 0 Å². The molecule has 0 saturated carbocycles. The van der Waals surface area contributed by atoms with E-state index in [-0.39, 0.29) is 0 Å². The van der Waals surface area contributed by atoms with E-state index in [1.807, 2.05) is 0 Å². The largest absolute Gasteiger partial charge is 0.417 e. The maximum Gasteiger partial charge on any atom is 0.417 e. The fraction of sp³-hybridized carbons (Fsp3) is 0.308. The molecule has 0 aliphatic heterocycles. The van der Waals surface area contributed by atoms with Crippen LogP contribution in [0.4, 0.5) is 13.2 Å². The Bertz CT molecular complexity index is 651. The van der Waals surface area contributed by atoms with Gasteiger partial charge in [0.1, 0.15) is 12.2 Å². The number of hydrogen-bond acceptors (Lipinski definition) is 3. The Morgan fingerprint density at radius 2 is 2.00 bits per heavy atom. The van der Waals surface area contributed by atoms with Crippen LogP contribution in [0.5, 0.6) is 0 Å². The normalized spacial score (nSPS) is 13.0. The second-order valence-corrected chi connectivity index (χ2v) is 4.48. The van der Waals surface area contributed by atoms with Crippen molar-refractivity contribution in [1.29, 1.82) is 0 Å². The number of benzene rings is 1. The van der Waals surface area contributed by atoms with Crippen molar-refractivity contribution in [1.82, 2.24) is 20.1 Å². The number of amides is 1. The minimum absolute atomic E-state index is 0.418. The van der Waals surface area contributed by atoms with E-state index >= 15 is 0 Å². The Hall–Kier alpha value is -2.38. The number of nitrogens with zero attached hydrogens (tertiary/aromatic N) is 3. The molecule has 0 aliphatic rings. The van der Waals surface area contributed by atoms with Gasteiger partial charge in [0.15, 0.2) is 0 Å². The SMILES string of the molecule is C[C@@H](NC(=O)c1ccccc1C(F)(F)F)c1ncnn1C. The van der Waals surface area contributed by atoms with Crippen LogP contribution in [0.25, 0.3) is 0 Å². The third kappa shape index (κ3) is 3.21. The summed E-state index contributed by atoms with van der Waals surface area (Å²) in [6.07, 6.45) is -3.27. The molecule has 0 radical (unpaired) electrons. The van der Waals surface area contributed by atoms with Gasteiger partial charge < -0.3 is 5.32 Å². The Morgan fingerprint density at radius 1 is 1.33 bits per heavy atom. The zero-order valence-electron chi connectivity index (χ0n) is 11.3. The molecule has 1 amide bonds. The van der Waals surface area contributed by atoms with Crippen LogP contribution < -0.4 is 5.32 Å². The van der Waals surface area contributed by atoms with E-state index in [1.54, 1.807) is 14.0 Å². The standard InChI is InChI=1S/C13H13F3N4O/c1-8(11-17-7-18-20(11)2)19-12(21)9-5-3-4-6-10(9)13(14,15)16/h3-8H,1-2H3,(H,19,21)/t8-/m1/s1. The van der Waals surface area contributed by atoms with Crippen LogP contribution in [-0.2, 0) is 13.2 Å². The molecule has 2 rings (SSSR count). The lowest BCUT2D eigenvalue weighted by Crippen LogP contribution is -2.30. The van der Waals surface area contributed by atoms with Gasteiger partial charge in [-0.2, -0.15) is 18.3 Å². The van der Waals surface area contributed by atoms with E-state index < -0.39 is 29.3 Å². The van der Waals surface area contributed by atoms with Crippen molar-refractivity contribution in [3.63, 3.8) is 0 Å². The predicted molar refractivity (Wildman–Crippen MR) is 68.3 cm³/mol. The summed E-state index contributed by atoms with van der Waals surface area (Å²) >= 11 is 0. The highest BCUT2D eigenvalue weighted by atomic mass is 19.4. The minimum Gasteiger partial charge on any atom is -0.342 e. The van der Waals surface area contributed by atoms with E-state index in [9.17, 15) is 18.0 Å². The van der Waals surface area contributed by atoms with Crippen molar-refractivity contribution in [2.75, 3.05) is 0 Å². The highest BCUT2D eigenvalue weighted by molar-refractivity contribution is 5.96. The number of alkyl halides is 3. The molecule has 1 aromatic carbocycles. The lowest BCUT2D eigenvalue weighted by atomic mass is 10.1. The molecule has 1 aromatic heterocycles. The molecule has 2 aromatic rings. The average molecular weight is 298 g/mol. The van der Waals surface area contributed by atoms with Crippen molar-refractivity contribution in [2.24, 2.45) is 7.05 Å². The third-order valence-electron chi connectivity index (χ3n) is 2.96. The fourth-order valence-electron chi connectivity index (χ4n) is 1.96. The van der Waals surface area contributed by atoms with Gasteiger partial charge in [0.05, 0.1) is 17.2 Å². The quantitative estimate of drug-likeness (QED) is 0.946. The van der Waals surface area contributed by atoms with Gasteiger partial charge >= 0.3 is 6.18 Å². The number of aromatic nitrogens is 3. The molecular weight excluding hydrogens is 285 g/mol. The number of halogens is 3. The Balaban J connectivity index is 2.24. The number of aryl methyl sites for hydroxylation is 1. The molecule has 8 heteroatoms. The molecule has 1 atom stereocenters. The van der Waals surface area contributed by atoms with E-state index in [0.29, 0.717) is 5.82 Å². The first-order valence-electron chi connectivity index (χ1n) is 6.11. The Labute approximate surface area is 118 Å². The number of nitrogens with one attached hydrogen (secondary N) is 1. The second-order valence-electron chi connectivity index (χ2n) is 4.48. The summed E-state index contributed by atoms with van der Waals surface area (Å²) in [6, 6.07) is 4.08. The van der Waals surface area contributed by atoms with Gasteiger partial charge in [0.25, 0.3) is 5.91 Å². The van der Waals surface area contributed by atoms with Crippen LogP contribution in [0.3, 0.4) is 0 Å². The maximum atomic E-state index is 12.9. The second kappa shape index (κ2) is 5.55. The van der Waals surface area contributed by atoms with Gasteiger partial charge in [0, 0.05) is 7.05 Å². The molecule has 0 aliphatic carbocycles. The lowest BCUT2D eigenvalue weighted by molar-refractivity contribution is -0.137. The molecule has 1 N–H and O–H groups in total. The average Bonchev–Trinajstić information content (AvgIpc) is 2.84. The predicted octanol–water partition coefficient (Wildman–Crippen LogP) is 2.32. The summed E-state index contributed by atoms with van der Waals surface area (Å²) in [5.74, 6) is -0.355. The zero-order valence-corrected chi connectivity index (χ0v) is 11.3. The van der Waals surface area contributed by atoms with Crippen molar-refractivity contribution in [2.45, 2.75) is 19.1 Å². The number of hydrogen-bond donors (Lipinski definition) is 1. The Morgan fingerprint density at radius 3 is 2.57 bits per heavy atom. The van der Waals surface area contributed by atoms with E-state index in [0.717, 1.165) is 12.1 Å². The third-order valence-corrected chi connectivity index (χ3v) is 2.96. The summed E-state index contributed by atoms with van der Waals surface area (Å²) in [4.78, 5) is 16.0. The molecule has 0 spiro atoms. The molecule has 112 valence electrons. The maximum absolute atomic E-state index is 12.9. The molecular formula is C13H13F3N4O. The molecule has 21 heavy (non-hydrogen) atoms. The van der Waals surface area contributed by atoms with Crippen LogP contribution in [0.1, 0.15) is 34.7 Å². The van der Waals surface area contributed by atoms with Gasteiger partial charge in [-0.3, -0.25) is 9.48 Å². The van der Waals surface area contributed by atoms with Crippen LogP contribution in [0.2, 0.25) is 0 Å². The first-order valence-corrected chi connectivity index (χ1v) is 6.11. The number of rotatable bonds is 3. The minimum atomic E-state index is -4.58. The molecule has 1 heterocycles. The van der Waals surface area contributed by atoms with E-state index in [1.165, 1.54) is 23.1 Å². The van der Waals surface area contributed by atoms with Crippen LogP contribution in [0.15, 0.2) is 30.6 Å². The fourth-order valence-corrected chi connectivity index (χ4v) is 1.96. The summed E-state index contributed by atoms with van der Waals surface area (Å²) in [5, 5.41) is 6.34. The van der Waals surface area contributed by atoms with E-state index in [4.69, 9.17) is 0 Å².